The number of carbonyl (C=O) groups excluding carboxylic acids is 1. The molecule has 0 radical (unpaired) electrons. The minimum absolute atomic E-state index is 0.0423. The molecule has 3 aromatic rings. The molecular formula is C22H20F3N5O. The summed E-state index contributed by atoms with van der Waals surface area (Å²) in [6.45, 7) is 1.85. The second-order valence-corrected chi connectivity index (χ2v) is 8.00. The third-order valence-electron chi connectivity index (χ3n) is 6.21. The van der Waals surface area contributed by atoms with Gasteiger partial charge in [-0.1, -0.05) is 12.1 Å². The van der Waals surface area contributed by atoms with Crippen molar-refractivity contribution >= 4 is 5.91 Å². The van der Waals surface area contributed by atoms with Crippen molar-refractivity contribution in [2.24, 2.45) is 0 Å². The number of amides is 1. The zero-order valence-electron chi connectivity index (χ0n) is 16.8. The van der Waals surface area contributed by atoms with Crippen LogP contribution in [-0.2, 0) is 12.7 Å². The number of piperidine rings is 1. The van der Waals surface area contributed by atoms with E-state index >= 15 is 0 Å². The maximum absolute atomic E-state index is 13.5. The highest BCUT2D eigenvalue weighted by Crippen LogP contribution is 2.41. The van der Waals surface area contributed by atoms with Crippen molar-refractivity contribution in [1.82, 2.24) is 24.6 Å². The Morgan fingerprint density at radius 2 is 1.94 bits per heavy atom. The minimum Gasteiger partial charge on any atom is -0.324 e. The van der Waals surface area contributed by atoms with Crippen LogP contribution in [-0.4, -0.2) is 36.6 Å². The van der Waals surface area contributed by atoms with Crippen molar-refractivity contribution in [2.45, 2.75) is 51.0 Å². The molecule has 2 bridgehead atoms. The lowest BCUT2D eigenvalue weighted by Gasteiger charge is -2.46. The summed E-state index contributed by atoms with van der Waals surface area (Å²) in [7, 11) is 0. The predicted molar refractivity (Wildman–Crippen MR) is 106 cm³/mol. The Morgan fingerprint density at radius 1 is 1.10 bits per heavy atom. The van der Waals surface area contributed by atoms with E-state index in [-0.39, 0.29) is 29.1 Å². The molecule has 2 aromatic heterocycles. The number of carbonyl (C=O) groups is 1. The highest BCUT2D eigenvalue weighted by Gasteiger charge is 2.44. The zero-order chi connectivity index (χ0) is 21.8. The van der Waals surface area contributed by atoms with Gasteiger partial charge in [-0.25, -0.2) is 0 Å². The van der Waals surface area contributed by atoms with Crippen LogP contribution in [0, 0.1) is 6.92 Å². The number of fused-ring (bicyclic) bond motifs is 4. The normalized spacial score (nSPS) is 20.5. The predicted octanol–water partition coefficient (Wildman–Crippen LogP) is 4.42. The fourth-order valence-electron chi connectivity index (χ4n) is 4.77. The molecule has 160 valence electrons. The summed E-state index contributed by atoms with van der Waals surface area (Å²) in [6.07, 6.45) is -0.421. The summed E-state index contributed by atoms with van der Waals surface area (Å²) in [5.74, 6) is 0.927. The smallest absolute Gasteiger partial charge is 0.324 e. The van der Waals surface area contributed by atoms with Gasteiger partial charge in [-0.3, -0.25) is 9.78 Å². The molecule has 2 aliphatic rings. The van der Waals surface area contributed by atoms with Gasteiger partial charge in [0, 0.05) is 18.3 Å². The lowest BCUT2D eigenvalue weighted by molar-refractivity contribution is -0.138. The average Bonchev–Trinajstić information content (AvgIpc) is 3.16. The fourth-order valence-corrected chi connectivity index (χ4v) is 4.77. The average molecular weight is 427 g/mol. The number of alkyl halides is 3. The number of hydrogen-bond donors (Lipinski definition) is 0. The Balaban J connectivity index is 1.55. The van der Waals surface area contributed by atoms with Crippen molar-refractivity contribution < 1.29 is 18.0 Å². The van der Waals surface area contributed by atoms with E-state index in [1.807, 2.05) is 22.8 Å². The van der Waals surface area contributed by atoms with Crippen LogP contribution in [0.4, 0.5) is 13.2 Å². The molecule has 0 spiro atoms. The van der Waals surface area contributed by atoms with Gasteiger partial charge in [-0.05, 0) is 56.0 Å². The standard InChI is InChI=1S/C22H20F3N5O/c1-13-15(7-5-8-16(13)22(23,24)25)21(31)30-14-6-4-10-18(30)20-28-27-19(29(20)12-14)17-9-2-3-11-26-17/h2-3,5,7-9,11,14,18H,4,6,10,12H2,1H3. The van der Waals surface area contributed by atoms with Crippen molar-refractivity contribution in [3.8, 4) is 11.5 Å². The second kappa shape index (κ2) is 7.18. The SMILES string of the molecule is Cc1c(C(=O)N2C3CCCC2c2nnc(-c4ccccn4)n2C3)cccc1C(F)(F)F. The van der Waals surface area contributed by atoms with Crippen LogP contribution >= 0.6 is 0 Å². The van der Waals surface area contributed by atoms with E-state index in [2.05, 4.69) is 15.2 Å². The highest BCUT2D eigenvalue weighted by molar-refractivity contribution is 5.96. The van der Waals surface area contributed by atoms with E-state index < -0.39 is 11.7 Å². The maximum Gasteiger partial charge on any atom is 0.416 e. The molecule has 1 saturated heterocycles. The van der Waals surface area contributed by atoms with E-state index in [4.69, 9.17) is 0 Å². The molecule has 4 heterocycles. The zero-order valence-corrected chi connectivity index (χ0v) is 16.8. The van der Waals surface area contributed by atoms with Gasteiger partial charge in [0.15, 0.2) is 11.6 Å². The molecule has 1 amide bonds. The molecule has 1 fully saturated rings. The molecule has 2 aliphatic heterocycles. The Morgan fingerprint density at radius 3 is 2.68 bits per heavy atom. The molecular weight excluding hydrogens is 407 g/mol. The molecule has 0 saturated carbocycles. The summed E-state index contributed by atoms with van der Waals surface area (Å²) in [4.78, 5) is 19.6. The van der Waals surface area contributed by atoms with Crippen LogP contribution in [0.1, 0.15) is 52.6 Å². The van der Waals surface area contributed by atoms with Gasteiger partial charge in [-0.2, -0.15) is 13.2 Å². The monoisotopic (exact) mass is 427 g/mol. The van der Waals surface area contributed by atoms with Crippen molar-refractivity contribution in [2.75, 3.05) is 0 Å². The van der Waals surface area contributed by atoms with E-state index in [9.17, 15) is 18.0 Å². The number of benzene rings is 1. The van der Waals surface area contributed by atoms with Crippen LogP contribution in [0.25, 0.3) is 11.5 Å². The molecule has 0 aliphatic carbocycles. The Labute approximate surface area is 176 Å². The summed E-state index contributed by atoms with van der Waals surface area (Å²) < 4.78 is 42.1. The van der Waals surface area contributed by atoms with E-state index in [0.29, 0.717) is 30.3 Å². The number of pyridine rings is 1. The van der Waals surface area contributed by atoms with E-state index in [1.165, 1.54) is 19.1 Å². The van der Waals surface area contributed by atoms with Crippen LogP contribution in [0.15, 0.2) is 42.6 Å². The van der Waals surface area contributed by atoms with Crippen LogP contribution in [0.5, 0.6) is 0 Å². The number of hydrogen-bond acceptors (Lipinski definition) is 4. The third-order valence-corrected chi connectivity index (χ3v) is 6.21. The van der Waals surface area contributed by atoms with Crippen LogP contribution < -0.4 is 0 Å². The van der Waals surface area contributed by atoms with Gasteiger partial charge in [0.1, 0.15) is 5.69 Å². The Kier molecular flexibility index (Phi) is 4.56. The van der Waals surface area contributed by atoms with Crippen LogP contribution in [0.2, 0.25) is 0 Å². The molecule has 0 N–H and O–H groups in total. The Bertz CT molecular complexity index is 1140. The molecule has 9 heteroatoms. The number of rotatable bonds is 2. The molecule has 1 aromatic carbocycles. The topological polar surface area (TPSA) is 63.9 Å². The number of nitrogens with zero attached hydrogens (tertiary/aromatic N) is 5. The van der Waals surface area contributed by atoms with Crippen molar-refractivity contribution in [3.05, 3.63) is 65.1 Å². The van der Waals surface area contributed by atoms with Gasteiger partial charge in [0.25, 0.3) is 5.91 Å². The highest BCUT2D eigenvalue weighted by atomic mass is 19.4. The van der Waals surface area contributed by atoms with Gasteiger partial charge < -0.3 is 9.47 Å². The summed E-state index contributed by atoms with van der Waals surface area (Å²) in [5, 5.41) is 8.68. The first-order valence-corrected chi connectivity index (χ1v) is 10.2. The molecule has 6 nitrogen and oxygen atoms in total. The van der Waals surface area contributed by atoms with E-state index in [0.717, 1.165) is 18.9 Å². The van der Waals surface area contributed by atoms with Gasteiger partial charge >= 0.3 is 6.18 Å². The fraction of sp³-hybridized carbons (Fsp3) is 0.364. The first-order chi connectivity index (χ1) is 14.9. The summed E-state index contributed by atoms with van der Waals surface area (Å²) in [6, 6.07) is 8.88. The quantitative estimate of drug-likeness (QED) is 0.608. The lowest BCUT2D eigenvalue weighted by Crippen LogP contribution is -2.52. The van der Waals surface area contributed by atoms with Gasteiger partial charge in [0.05, 0.1) is 17.6 Å². The molecule has 2 atom stereocenters. The van der Waals surface area contributed by atoms with Crippen molar-refractivity contribution in [1.29, 1.82) is 0 Å². The Hall–Kier alpha value is -3.23. The first-order valence-electron chi connectivity index (χ1n) is 10.2. The summed E-state index contributed by atoms with van der Waals surface area (Å²) >= 11 is 0. The first kappa shape index (κ1) is 19.7. The van der Waals surface area contributed by atoms with Gasteiger partial charge in [-0.15, -0.1) is 10.2 Å². The second-order valence-electron chi connectivity index (χ2n) is 8.00. The molecule has 2 unspecified atom stereocenters. The van der Waals surface area contributed by atoms with E-state index in [1.54, 1.807) is 11.1 Å². The van der Waals surface area contributed by atoms with Crippen LogP contribution in [0.3, 0.4) is 0 Å². The third kappa shape index (κ3) is 3.19. The largest absolute Gasteiger partial charge is 0.416 e. The van der Waals surface area contributed by atoms with Crippen molar-refractivity contribution in [3.63, 3.8) is 0 Å². The number of aromatic nitrogens is 4. The maximum atomic E-state index is 13.5. The minimum atomic E-state index is -4.50. The summed E-state index contributed by atoms with van der Waals surface area (Å²) in [5.41, 5.74) is -0.0297. The van der Waals surface area contributed by atoms with Gasteiger partial charge in [0.2, 0.25) is 0 Å². The molecule has 31 heavy (non-hydrogen) atoms. The number of halogens is 3. The molecule has 5 rings (SSSR count). The lowest BCUT2D eigenvalue weighted by atomic mass is 9.90.